The van der Waals surface area contributed by atoms with Crippen molar-refractivity contribution in [2.75, 3.05) is 5.73 Å². The van der Waals surface area contributed by atoms with Gasteiger partial charge in [0, 0.05) is 12.1 Å². The van der Waals surface area contributed by atoms with E-state index >= 15 is 0 Å². The molecule has 0 bridgehead atoms. The van der Waals surface area contributed by atoms with Crippen LogP contribution in [0.2, 0.25) is 0 Å². The number of nitrogens with one attached hydrogen (secondary N) is 1. The van der Waals surface area contributed by atoms with E-state index in [1.165, 1.54) is 6.07 Å². The molecule has 4 rings (SSSR count). The number of esters is 1. The molecule has 8 nitrogen and oxygen atoms in total. The summed E-state index contributed by atoms with van der Waals surface area (Å²) < 4.78 is 34.1. The van der Waals surface area contributed by atoms with Crippen LogP contribution in [-0.2, 0) is 20.7 Å². The average Bonchev–Trinajstić information content (AvgIpc) is 3.37. The largest absolute Gasteiger partial charge is 0.461 e. The SMILES string of the molecule is CC(C)(NC(=O)Cc1ccc(-n2c(N)c(C(=O)c3ccc(F)cc3F)ccc2=O)cc1)C(=O)OC1CCCC1. The molecule has 1 heterocycles. The van der Waals surface area contributed by atoms with Gasteiger partial charge >= 0.3 is 5.97 Å². The average molecular weight is 538 g/mol. The lowest BCUT2D eigenvalue weighted by Crippen LogP contribution is -2.51. The molecule has 1 aromatic heterocycles. The highest BCUT2D eigenvalue weighted by atomic mass is 19.1. The smallest absolute Gasteiger partial charge is 0.331 e. The number of nitrogens with zero attached hydrogens (tertiary/aromatic N) is 1. The summed E-state index contributed by atoms with van der Waals surface area (Å²) in [4.78, 5) is 50.7. The van der Waals surface area contributed by atoms with Crippen LogP contribution >= 0.6 is 0 Å². The third-order valence-corrected chi connectivity index (χ3v) is 6.65. The standard InChI is InChI=1S/C29H29F2N3O5/c1-29(2,28(38)39-20-5-3-4-6-20)33-24(35)15-17-7-10-19(11-8-17)34-25(36)14-13-22(27(34)32)26(37)21-12-9-18(30)16-23(21)31/h7-14,16,20H,3-6,15,32H2,1-2H3,(H,33,35). The van der Waals surface area contributed by atoms with Crippen LogP contribution in [0.3, 0.4) is 0 Å². The normalized spacial score (nSPS) is 13.7. The van der Waals surface area contributed by atoms with Crippen LogP contribution in [0.1, 0.15) is 61.0 Å². The van der Waals surface area contributed by atoms with Gasteiger partial charge in [-0.3, -0.25) is 19.0 Å². The minimum absolute atomic E-state index is 0.0346. The summed E-state index contributed by atoms with van der Waals surface area (Å²) in [6.07, 6.45) is 3.55. The van der Waals surface area contributed by atoms with Gasteiger partial charge in [-0.15, -0.1) is 0 Å². The van der Waals surface area contributed by atoms with Gasteiger partial charge in [0.1, 0.15) is 29.1 Å². The molecule has 3 N–H and O–H groups in total. The number of pyridine rings is 1. The lowest BCUT2D eigenvalue weighted by atomic mass is 10.0. The number of nitrogen functional groups attached to an aromatic ring is 1. The lowest BCUT2D eigenvalue weighted by Gasteiger charge is -2.26. The molecule has 0 unspecified atom stereocenters. The van der Waals surface area contributed by atoms with E-state index in [-0.39, 0.29) is 35.4 Å². The van der Waals surface area contributed by atoms with Crippen molar-refractivity contribution in [3.63, 3.8) is 0 Å². The fourth-order valence-corrected chi connectivity index (χ4v) is 4.53. The predicted octanol–water partition coefficient (Wildman–Crippen LogP) is 3.85. The summed E-state index contributed by atoms with van der Waals surface area (Å²) in [5, 5.41) is 2.71. The number of hydrogen-bond acceptors (Lipinski definition) is 6. The minimum Gasteiger partial charge on any atom is -0.461 e. The van der Waals surface area contributed by atoms with E-state index in [4.69, 9.17) is 10.5 Å². The van der Waals surface area contributed by atoms with E-state index in [2.05, 4.69) is 5.32 Å². The molecule has 10 heteroatoms. The van der Waals surface area contributed by atoms with Crippen molar-refractivity contribution in [1.29, 1.82) is 0 Å². The zero-order valence-electron chi connectivity index (χ0n) is 21.6. The Morgan fingerprint density at radius 2 is 1.64 bits per heavy atom. The Hall–Kier alpha value is -4.34. The van der Waals surface area contributed by atoms with Crippen molar-refractivity contribution in [3.05, 3.63) is 93.3 Å². The fraction of sp³-hybridized carbons (Fsp3) is 0.310. The van der Waals surface area contributed by atoms with Gasteiger partial charge in [0.25, 0.3) is 5.56 Å². The highest BCUT2D eigenvalue weighted by molar-refractivity contribution is 6.11. The third-order valence-electron chi connectivity index (χ3n) is 6.65. The third kappa shape index (κ3) is 6.22. The summed E-state index contributed by atoms with van der Waals surface area (Å²) in [5.74, 6) is -3.77. The first kappa shape index (κ1) is 27.7. The molecule has 0 radical (unpaired) electrons. The molecular formula is C29H29F2N3O5. The topological polar surface area (TPSA) is 120 Å². The van der Waals surface area contributed by atoms with Gasteiger partial charge in [0.15, 0.2) is 5.78 Å². The number of ketones is 1. The maximum Gasteiger partial charge on any atom is 0.331 e. The molecule has 1 aliphatic carbocycles. The molecular weight excluding hydrogens is 508 g/mol. The number of benzene rings is 2. The Morgan fingerprint density at radius 3 is 2.28 bits per heavy atom. The number of rotatable bonds is 8. The number of halogens is 2. The molecule has 0 aliphatic heterocycles. The van der Waals surface area contributed by atoms with E-state index in [0.717, 1.165) is 48.4 Å². The van der Waals surface area contributed by atoms with E-state index < -0.39 is 34.5 Å². The van der Waals surface area contributed by atoms with Crippen LogP contribution in [0.25, 0.3) is 5.69 Å². The first-order chi connectivity index (χ1) is 18.5. The molecule has 0 spiro atoms. The zero-order chi connectivity index (χ0) is 28.3. The second-order valence-corrected chi connectivity index (χ2v) is 10.1. The fourth-order valence-electron chi connectivity index (χ4n) is 4.53. The maximum absolute atomic E-state index is 14.2. The van der Waals surface area contributed by atoms with Gasteiger partial charge < -0.3 is 15.8 Å². The number of ether oxygens (including phenoxy) is 1. The van der Waals surface area contributed by atoms with Crippen molar-refractivity contribution >= 4 is 23.5 Å². The van der Waals surface area contributed by atoms with Crippen molar-refractivity contribution < 1.29 is 27.9 Å². The Labute approximate surface area is 223 Å². The van der Waals surface area contributed by atoms with Crippen LogP contribution in [0.5, 0.6) is 0 Å². The Bertz CT molecular complexity index is 1480. The number of hydrogen-bond donors (Lipinski definition) is 2. The van der Waals surface area contributed by atoms with Crippen molar-refractivity contribution in [2.45, 2.75) is 57.6 Å². The first-order valence-corrected chi connectivity index (χ1v) is 12.6. The predicted molar refractivity (Wildman–Crippen MR) is 141 cm³/mol. The minimum atomic E-state index is -1.20. The van der Waals surface area contributed by atoms with Crippen LogP contribution in [0.15, 0.2) is 59.4 Å². The molecule has 204 valence electrons. The molecule has 1 amide bonds. The number of nitrogens with two attached hydrogens (primary N) is 1. The van der Waals surface area contributed by atoms with Gasteiger partial charge in [-0.1, -0.05) is 12.1 Å². The number of anilines is 1. The van der Waals surface area contributed by atoms with Gasteiger partial charge in [-0.2, -0.15) is 0 Å². The van der Waals surface area contributed by atoms with Crippen LogP contribution in [0.4, 0.5) is 14.6 Å². The second kappa shape index (κ2) is 11.2. The highest BCUT2D eigenvalue weighted by Gasteiger charge is 2.33. The number of aromatic nitrogens is 1. The summed E-state index contributed by atoms with van der Waals surface area (Å²) >= 11 is 0. The maximum atomic E-state index is 14.2. The lowest BCUT2D eigenvalue weighted by molar-refractivity contribution is -0.157. The molecule has 2 aromatic carbocycles. The van der Waals surface area contributed by atoms with Crippen molar-refractivity contribution in [2.24, 2.45) is 0 Å². The summed E-state index contributed by atoms with van der Waals surface area (Å²) in [6.45, 7) is 3.18. The number of carbonyl (C=O) groups is 3. The molecule has 0 atom stereocenters. The molecule has 3 aromatic rings. The van der Waals surface area contributed by atoms with Gasteiger partial charge in [0.05, 0.1) is 23.2 Å². The quantitative estimate of drug-likeness (QED) is 0.333. The van der Waals surface area contributed by atoms with E-state index in [9.17, 15) is 28.0 Å². The Kier molecular flexibility index (Phi) is 7.94. The summed E-state index contributed by atoms with van der Waals surface area (Å²) in [6, 6.07) is 11.2. The molecule has 1 saturated carbocycles. The monoisotopic (exact) mass is 537 g/mol. The zero-order valence-corrected chi connectivity index (χ0v) is 21.6. The van der Waals surface area contributed by atoms with Crippen molar-refractivity contribution in [3.8, 4) is 5.69 Å². The molecule has 39 heavy (non-hydrogen) atoms. The van der Waals surface area contributed by atoms with E-state index in [1.54, 1.807) is 38.1 Å². The van der Waals surface area contributed by atoms with Crippen molar-refractivity contribution in [1.82, 2.24) is 9.88 Å². The van der Waals surface area contributed by atoms with E-state index in [1.807, 2.05) is 0 Å². The van der Waals surface area contributed by atoms with Gasteiger partial charge in [-0.05, 0) is 75.4 Å². The summed E-state index contributed by atoms with van der Waals surface area (Å²) in [5.41, 5.74) is 4.82. The number of amides is 1. The molecule has 1 aliphatic rings. The van der Waals surface area contributed by atoms with E-state index in [0.29, 0.717) is 17.3 Å². The van der Waals surface area contributed by atoms with Gasteiger partial charge in [0.2, 0.25) is 5.91 Å². The Morgan fingerprint density at radius 1 is 1.00 bits per heavy atom. The molecule has 1 fully saturated rings. The highest BCUT2D eigenvalue weighted by Crippen LogP contribution is 2.23. The number of carbonyl (C=O) groups excluding carboxylic acids is 3. The molecule has 0 saturated heterocycles. The van der Waals surface area contributed by atoms with Crippen LogP contribution in [0, 0.1) is 11.6 Å². The summed E-state index contributed by atoms with van der Waals surface area (Å²) in [7, 11) is 0. The van der Waals surface area contributed by atoms with Crippen LogP contribution < -0.4 is 16.6 Å². The van der Waals surface area contributed by atoms with Gasteiger partial charge in [-0.25, -0.2) is 13.6 Å². The Balaban J connectivity index is 1.48. The first-order valence-electron chi connectivity index (χ1n) is 12.6. The second-order valence-electron chi connectivity index (χ2n) is 10.1. The van der Waals surface area contributed by atoms with Crippen LogP contribution in [-0.4, -0.2) is 33.9 Å².